The number of hydrogen-bond acceptors (Lipinski definition) is 7. The summed E-state index contributed by atoms with van der Waals surface area (Å²) in [7, 11) is 0. The molecule has 3 heterocycles. The quantitative estimate of drug-likeness (QED) is 0.233. The van der Waals surface area contributed by atoms with Crippen molar-refractivity contribution in [3.63, 3.8) is 0 Å². The third-order valence-electron chi connectivity index (χ3n) is 8.76. The van der Waals surface area contributed by atoms with Crippen LogP contribution < -0.4 is 21.3 Å². The fourth-order valence-corrected chi connectivity index (χ4v) is 6.02. The van der Waals surface area contributed by atoms with Gasteiger partial charge in [0.25, 0.3) is 11.8 Å². The second-order valence-corrected chi connectivity index (χ2v) is 13.3. The van der Waals surface area contributed by atoms with Crippen molar-refractivity contribution in [1.82, 2.24) is 36.1 Å². The van der Waals surface area contributed by atoms with Gasteiger partial charge in [-0.2, -0.15) is 0 Å². The van der Waals surface area contributed by atoms with Gasteiger partial charge in [-0.25, -0.2) is 0 Å². The van der Waals surface area contributed by atoms with E-state index < -0.39 is 35.8 Å². The highest BCUT2D eigenvalue weighted by atomic mass is 16.2. The Bertz CT molecular complexity index is 1840. The molecule has 266 valence electrons. The molecule has 1 aromatic heterocycles. The molecular formula is C39H45N7O5. The van der Waals surface area contributed by atoms with E-state index in [0.29, 0.717) is 54.5 Å². The minimum atomic E-state index is -0.992. The van der Waals surface area contributed by atoms with E-state index in [1.807, 2.05) is 44.2 Å². The van der Waals surface area contributed by atoms with Crippen LogP contribution in [0, 0.1) is 5.92 Å². The third-order valence-corrected chi connectivity index (χ3v) is 8.76. The SMILES string of the molecule is CC(C)C[C@@H]1NC(=O)[C@@H](Cc2ccccc2)NC(=O)c2ccc(cc2)CN(C(=O)c2cccc3nccnc23)CCCCNC(=O)[C@@H](C)NC1=O. The predicted octanol–water partition coefficient (Wildman–Crippen LogP) is 3.56. The lowest BCUT2D eigenvalue weighted by atomic mass is 10.0. The van der Waals surface area contributed by atoms with E-state index in [1.165, 1.54) is 0 Å². The predicted molar refractivity (Wildman–Crippen MR) is 193 cm³/mol. The van der Waals surface area contributed by atoms with Gasteiger partial charge >= 0.3 is 0 Å². The van der Waals surface area contributed by atoms with Crippen molar-refractivity contribution in [2.75, 3.05) is 13.1 Å². The minimum Gasteiger partial charge on any atom is -0.354 e. The minimum absolute atomic E-state index is 0.0559. The van der Waals surface area contributed by atoms with E-state index >= 15 is 0 Å². The summed E-state index contributed by atoms with van der Waals surface area (Å²) < 4.78 is 0. The topological polar surface area (TPSA) is 162 Å². The number of rotatable bonds is 5. The number of nitrogens with zero attached hydrogens (tertiary/aromatic N) is 3. The molecule has 0 aliphatic carbocycles. The normalized spacial score (nSPS) is 19.8. The molecule has 12 heteroatoms. The summed E-state index contributed by atoms with van der Waals surface area (Å²) >= 11 is 0. The number of amides is 5. The molecule has 0 fully saturated rings. The first-order chi connectivity index (χ1) is 24.6. The third kappa shape index (κ3) is 9.96. The lowest BCUT2D eigenvalue weighted by Gasteiger charge is -2.25. The number of aromatic nitrogens is 2. The number of fused-ring (bicyclic) bond motifs is 19. The van der Waals surface area contributed by atoms with Gasteiger partial charge in [0.2, 0.25) is 17.7 Å². The fourth-order valence-electron chi connectivity index (χ4n) is 6.02. The van der Waals surface area contributed by atoms with Gasteiger partial charge in [0.1, 0.15) is 23.6 Å². The highest BCUT2D eigenvalue weighted by Crippen LogP contribution is 2.19. The molecule has 0 spiro atoms. The van der Waals surface area contributed by atoms with E-state index in [2.05, 4.69) is 31.2 Å². The molecule has 4 aromatic rings. The fraction of sp³-hybridized carbons (Fsp3) is 0.359. The Morgan fingerprint density at radius 2 is 1.53 bits per heavy atom. The average molecular weight is 692 g/mol. The second kappa shape index (κ2) is 17.3. The van der Waals surface area contributed by atoms with Crippen LogP contribution in [0.15, 0.2) is 85.2 Å². The van der Waals surface area contributed by atoms with Gasteiger partial charge in [-0.15, -0.1) is 0 Å². The zero-order valence-electron chi connectivity index (χ0n) is 29.2. The largest absolute Gasteiger partial charge is 0.354 e. The van der Waals surface area contributed by atoms with Gasteiger partial charge in [0.15, 0.2) is 0 Å². The molecule has 4 N–H and O–H groups in total. The Hall–Kier alpha value is -5.65. The number of para-hydroxylation sites is 1. The van der Waals surface area contributed by atoms with Crippen molar-refractivity contribution < 1.29 is 24.0 Å². The first kappa shape index (κ1) is 36.6. The van der Waals surface area contributed by atoms with Gasteiger partial charge in [-0.3, -0.25) is 33.9 Å². The van der Waals surface area contributed by atoms with Crippen molar-refractivity contribution in [1.29, 1.82) is 0 Å². The van der Waals surface area contributed by atoms with Gasteiger partial charge in [-0.05, 0) is 67.5 Å². The standard InChI is InChI=1S/C39H45N7O5/c1-25(2)22-32-37(49)43-26(3)35(47)42-18-7-8-21-46(39(51)30-12-9-13-31-34(30)41-20-19-40-31)24-28-14-16-29(17-15-28)36(48)44-33(38(50)45-32)23-27-10-5-4-6-11-27/h4-6,9-17,19-20,25-26,32-33H,7-8,18,21-24H2,1-3H3,(H,42,47)(H,43,49)(H,44,48)(H,45,50)/t26-,32+,33-/m1/s1. The molecule has 12 nitrogen and oxygen atoms in total. The van der Waals surface area contributed by atoms with Gasteiger partial charge in [0.05, 0.1) is 11.1 Å². The number of benzene rings is 3. The zero-order chi connectivity index (χ0) is 36.3. The Kier molecular flexibility index (Phi) is 12.4. The van der Waals surface area contributed by atoms with Crippen molar-refractivity contribution >= 4 is 40.6 Å². The van der Waals surface area contributed by atoms with Crippen LogP contribution in [0.4, 0.5) is 0 Å². The Morgan fingerprint density at radius 1 is 0.804 bits per heavy atom. The van der Waals surface area contributed by atoms with E-state index in [-0.39, 0.29) is 30.7 Å². The van der Waals surface area contributed by atoms with Crippen molar-refractivity contribution in [3.05, 3.63) is 107 Å². The maximum atomic E-state index is 14.0. The molecule has 0 unspecified atom stereocenters. The molecule has 0 saturated carbocycles. The number of carbonyl (C=O) groups is 5. The van der Waals surface area contributed by atoms with Crippen LogP contribution in [0.2, 0.25) is 0 Å². The number of nitrogens with one attached hydrogen (secondary N) is 4. The first-order valence-electron chi connectivity index (χ1n) is 17.4. The summed E-state index contributed by atoms with van der Waals surface area (Å²) in [5.74, 6) is -1.98. The summed E-state index contributed by atoms with van der Waals surface area (Å²) in [4.78, 5) is 78.2. The van der Waals surface area contributed by atoms with Crippen molar-refractivity contribution in [2.45, 2.75) is 71.1 Å². The first-order valence-corrected chi connectivity index (χ1v) is 17.4. The Balaban J connectivity index is 1.43. The molecule has 2 bridgehead atoms. The zero-order valence-corrected chi connectivity index (χ0v) is 29.2. The average Bonchev–Trinajstić information content (AvgIpc) is 3.13. The molecular weight excluding hydrogens is 646 g/mol. The van der Waals surface area contributed by atoms with Gasteiger partial charge in [0, 0.05) is 44.0 Å². The maximum absolute atomic E-state index is 14.0. The van der Waals surface area contributed by atoms with E-state index in [9.17, 15) is 24.0 Å². The molecule has 2 aliphatic heterocycles. The van der Waals surface area contributed by atoms with Crippen LogP contribution in [0.3, 0.4) is 0 Å². The van der Waals surface area contributed by atoms with Gasteiger partial charge in [-0.1, -0.05) is 62.4 Å². The summed E-state index contributed by atoms with van der Waals surface area (Å²) in [5, 5.41) is 11.3. The summed E-state index contributed by atoms with van der Waals surface area (Å²) in [5.41, 5.74) is 3.52. The summed E-state index contributed by atoms with van der Waals surface area (Å²) in [6.45, 7) is 6.47. The van der Waals surface area contributed by atoms with Gasteiger partial charge < -0.3 is 26.2 Å². The van der Waals surface area contributed by atoms with E-state index in [0.717, 1.165) is 11.1 Å². The monoisotopic (exact) mass is 691 g/mol. The molecule has 6 rings (SSSR count). The molecule has 5 amide bonds. The highest BCUT2D eigenvalue weighted by molar-refractivity contribution is 6.04. The van der Waals surface area contributed by atoms with Crippen LogP contribution in [0.5, 0.6) is 0 Å². The van der Waals surface area contributed by atoms with Crippen LogP contribution >= 0.6 is 0 Å². The lowest BCUT2D eigenvalue weighted by Crippen LogP contribution is -2.57. The second-order valence-electron chi connectivity index (χ2n) is 13.3. The molecule has 0 saturated heterocycles. The molecule has 2 aliphatic rings. The van der Waals surface area contributed by atoms with Crippen LogP contribution in [0.1, 0.15) is 71.9 Å². The summed E-state index contributed by atoms with van der Waals surface area (Å²) in [6.07, 6.45) is 4.84. The van der Waals surface area contributed by atoms with Crippen LogP contribution in [-0.4, -0.2) is 75.6 Å². The maximum Gasteiger partial charge on any atom is 0.256 e. The van der Waals surface area contributed by atoms with Crippen molar-refractivity contribution in [2.24, 2.45) is 5.92 Å². The smallest absolute Gasteiger partial charge is 0.256 e. The van der Waals surface area contributed by atoms with Crippen molar-refractivity contribution in [3.8, 4) is 0 Å². The molecule has 3 aromatic carbocycles. The van der Waals surface area contributed by atoms with E-state index in [4.69, 9.17) is 0 Å². The number of carbonyl (C=O) groups excluding carboxylic acids is 5. The number of hydrogen-bond donors (Lipinski definition) is 4. The lowest BCUT2D eigenvalue weighted by molar-refractivity contribution is -0.132. The highest BCUT2D eigenvalue weighted by Gasteiger charge is 2.30. The summed E-state index contributed by atoms with van der Waals surface area (Å²) in [6, 6.07) is 18.8. The molecule has 0 radical (unpaired) electrons. The Labute approximate surface area is 297 Å². The van der Waals surface area contributed by atoms with E-state index in [1.54, 1.807) is 66.7 Å². The molecule has 51 heavy (non-hydrogen) atoms. The Morgan fingerprint density at radius 3 is 2.27 bits per heavy atom. The van der Waals surface area contributed by atoms with Crippen LogP contribution in [-0.2, 0) is 27.3 Å². The molecule has 3 atom stereocenters. The van der Waals surface area contributed by atoms with Crippen LogP contribution in [0.25, 0.3) is 11.0 Å².